The van der Waals surface area contributed by atoms with E-state index in [0.717, 1.165) is 36.8 Å². The van der Waals surface area contributed by atoms with Crippen LogP contribution < -0.4 is 9.61 Å². The number of hydrogen-bond acceptors (Lipinski definition) is 5. The summed E-state index contributed by atoms with van der Waals surface area (Å²) < 4.78 is 19.9. The maximum atomic E-state index is 13.4. The third-order valence-corrected chi connectivity index (χ3v) is 7.81. The summed E-state index contributed by atoms with van der Waals surface area (Å²) in [6, 6.07) is 11.7. The summed E-state index contributed by atoms with van der Waals surface area (Å²) in [6.45, 7) is 0. The molecular weight excluding hydrogens is 453 g/mol. The number of rotatable bonds is 1. The van der Waals surface area contributed by atoms with Gasteiger partial charge in [-0.05, 0) is 35.9 Å². The molecule has 8 heteroatoms. The van der Waals surface area contributed by atoms with Gasteiger partial charge in [0.25, 0.3) is 0 Å². The van der Waals surface area contributed by atoms with Crippen LogP contribution in [0.4, 0.5) is 4.39 Å². The third kappa shape index (κ3) is 2.78. The number of fused-ring (bicyclic) bond motifs is 5. The molecule has 27 heavy (non-hydrogen) atoms. The zero-order valence-corrected chi connectivity index (χ0v) is 16.8. The van der Waals surface area contributed by atoms with Gasteiger partial charge < -0.3 is 9.72 Å². The fourth-order valence-electron chi connectivity index (χ4n) is 3.71. The average molecular weight is 464 g/mol. The van der Waals surface area contributed by atoms with Crippen LogP contribution in [0, 0.1) is 11.7 Å². The highest BCUT2D eigenvalue weighted by Crippen LogP contribution is 2.58. The molecule has 1 aromatic heterocycles. The largest absolute Gasteiger partial charge is 0.426 e. The van der Waals surface area contributed by atoms with Crippen LogP contribution in [0.2, 0.25) is 0 Å². The number of hydrogen-bond donors (Lipinski definition) is 1. The predicted molar refractivity (Wildman–Crippen MR) is 105 cm³/mol. The van der Waals surface area contributed by atoms with Crippen LogP contribution in [-0.4, -0.2) is 11.0 Å². The highest BCUT2D eigenvalue weighted by Gasteiger charge is 2.49. The zero-order chi connectivity index (χ0) is 18.7. The van der Waals surface area contributed by atoms with E-state index >= 15 is 0 Å². The van der Waals surface area contributed by atoms with E-state index in [1.807, 2.05) is 12.1 Å². The van der Waals surface area contributed by atoms with Crippen molar-refractivity contribution in [3.8, 4) is 5.75 Å². The van der Waals surface area contributed by atoms with Crippen LogP contribution >= 0.6 is 39.0 Å². The molecule has 0 amide bonds. The van der Waals surface area contributed by atoms with Crippen molar-refractivity contribution < 1.29 is 13.9 Å². The highest BCUT2D eigenvalue weighted by molar-refractivity contribution is 9.10. The SMILES string of the molecule is O=C1Oc2ccc(Br)cc2[C@@H]2c3sc(=O)[nH]c3S[C@@H](c3ccc(F)cc3)[C@H]12. The second kappa shape index (κ2) is 6.32. The lowest BCUT2D eigenvalue weighted by molar-refractivity contribution is -0.140. The normalized spacial score (nSPS) is 23.2. The van der Waals surface area contributed by atoms with Crippen molar-refractivity contribution in [1.82, 2.24) is 4.98 Å². The van der Waals surface area contributed by atoms with Crippen LogP contribution in [0.1, 0.15) is 27.2 Å². The quantitative estimate of drug-likeness (QED) is 0.413. The van der Waals surface area contributed by atoms with Crippen molar-refractivity contribution in [2.75, 3.05) is 0 Å². The first-order chi connectivity index (χ1) is 13.0. The number of thiazole rings is 1. The number of halogens is 2. The first-order valence-corrected chi connectivity index (χ1v) is 10.7. The van der Waals surface area contributed by atoms with Gasteiger partial charge in [0, 0.05) is 20.8 Å². The van der Waals surface area contributed by atoms with E-state index in [0.29, 0.717) is 5.75 Å². The minimum absolute atomic E-state index is 0.151. The monoisotopic (exact) mass is 463 g/mol. The van der Waals surface area contributed by atoms with E-state index in [9.17, 15) is 14.0 Å². The molecule has 3 aromatic rings. The maximum Gasteiger partial charge on any atom is 0.316 e. The van der Waals surface area contributed by atoms with Crippen molar-refractivity contribution in [3.05, 3.63) is 78.4 Å². The van der Waals surface area contributed by atoms with Gasteiger partial charge in [-0.3, -0.25) is 9.59 Å². The second-order valence-corrected chi connectivity index (χ2v) is 9.49. The Morgan fingerprint density at radius 3 is 2.67 bits per heavy atom. The molecular formula is C19H11BrFNO3S2. The Kier molecular flexibility index (Phi) is 4.03. The van der Waals surface area contributed by atoms with Gasteiger partial charge in [0.1, 0.15) is 11.6 Å². The standard InChI is InChI=1S/C19H11BrFNO3S2/c20-9-3-6-12-11(7-9)13-14(18(23)25-12)15(8-1-4-10(21)5-2-8)26-17-16(13)27-19(24)22-17/h1-7,13-15H,(H,22,24)/t13-,14+,15-/m0/s1. The number of esters is 1. The fourth-order valence-corrected chi connectivity index (χ4v) is 6.68. The summed E-state index contributed by atoms with van der Waals surface area (Å²) >= 11 is 6.04. The number of H-pyrrole nitrogens is 1. The summed E-state index contributed by atoms with van der Waals surface area (Å²) in [6.07, 6.45) is 0. The summed E-state index contributed by atoms with van der Waals surface area (Å²) in [4.78, 5) is 28.6. The molecule has 0 radical (unpaired) electrons. The molecule has 2 aliphatic rings. The van der Waals surface area contributed by atoms with Gasteiger partial charge in [0.05, 0.1) is 16.2 Å². The number of aromatic amines is 1. The number of carbonyl (C=O) groups excluding carboxylic acids is 1. The van der Waals surface area contributed by atoms with Crippen molar-refractivity contribution in [1.29, 1.82) is 0 Å². The van der Waals surface area contributed by atoms with Crippen LogP contribution in [0.3, 0.4) is 0 Å². The molecule has 136 valence electrons. The molecule has 0 unspecified atom stereocenters. The van der Waals surface area contributed by atoms with E-state index in [1.165, 1.54) is 23.9 Å². The molecule has 1 N–H and O–H groups in total. The summed E-state index contributed by atoms with van der Waals surface area (Å²) in [5.74, 6) is -0.930. The van der Waals surface area contributed by atoms with Gasteiger partial charge >= 0.3 is 10.8 Å². The Balaban J connectivity index is 1.74. The van der Waals surface area contributed by atoms with Crippen molar-refractivity contribution >= 4 is 45.0 Å². The van der Waals surface area contributed by atoms with Gasteiger partial charge in [-0.15, -0.1) is 0 Å². The summed E-state index contributed by atoms with van der Waals surface area (Å²) in [5.41, 5.74) is 1.70. The van der Waals surface area contributed by atoms with E-state index in [2.05, 4.69) is 20.9 Å². The van der Waals surface area contributed by atoms with Crippen LogP contribution in [0.25, 0.3) is 0 Å². The first kappa shape index (κ1) is 17.2. The Morgan fingerprint density at radius 2 is 1.89 bits per heavy atom. The minimum atomic E-state index is -0.499. The zero-order valence-electron chi connectivity index (χ0n) is 13.6. The first-order valence-electron chi connectivity index (χ1n) is 8.17. The number of nitrogens with one attached hydrogen (secondary N) is 1. The van der Waals surface area contributed by atoms with E-state index in [-0.39, 0.29) is 27.8 Å². The topological polar surface area (TPSA) is 59.2 Å². The van der Waals surface area contributed by atoms with Gasteiger partial charge in [-0.25, -0.2) is 4.39 Å². The number of aromatic nitrogens is 1. The molecule has 0 bridgehead atoms. The average Bonchev–Trinajstić information content (AvgIpc) is 3.02. The predicted octanol–water partition coefficient (Wildman–Crippen LogP) is 4.85. The maximum absolute atomic E-state index is 13.4. The Bertz CT molecular complexity index is 1120. The molecule has 0 aliphatic carbocycles. The molecule has 0 fully saturated rings. The van der Waals surface area contributed by atoms with Gasteiger partial charge in [0.2, 0.25) is 0 Å². The summed E-state index contributed by atoms with van der Waals surface area (Å²) in [7, 11) is 0. The van der Waals surface area contributed by atoms with E-state index in [1.54, 1.807) is 18.2 Å². The van der Waals surface area contributed by atoms with Gasteiger partial charge in [-0.2, -0.15) is 0 Å². The molecule has 4 nitrogen and oxygen atoms in total. The summed E-state index contributed by atoms with van der Waals surface area (Å²) in [5, 5.41) is 0.481. The Morgan fingerprint density at radius 1 is 1.11 bits per heavy atom. The molecule has 0 saturated carbocycles. The Labute approximate surface area is 169 Å². The second-order valence-electron chi connectivity index (χ2n) is 6.40. The Hall–Kier alpha value is -1.90. The van der Waals surface area contributed by atoms with E-state index in [4.69, 9.17) is 4.74 Å². The third-order valence-electron chi connectivity index (χ3n) is 4.84. The van der Waals surface area contributed by atoms with Crippen molar-refractivity contribution in [2.24, 2.45) is 5.92 Å². The van der Waals surface area contributed by atoms with Gasteiger partial charge in [-0.1, -0.05) is 51.2 Å². The van der Waals surface area contributed by atoms with Crippen molar-refractivity contribution in [2.45, 2.75) is 16.2 Å². The number of carbonyl (C=O) groups is 1. The molecule has 0 saturated heterocycles. The molecule has 5 rings (SSSR count). The van der Waals surface area contributed by atoms with Gasteiger partial charge in [0.15, 0.2) is 0 Å². The molecule has 3 atom stereocenters. The lowest BCUT2D eigenvalue weighted by Gasteiger charge is -2.39. The van der Waals surface area contributed by atoms with Crippen molar-refractivity contribution in [3.63, 3.8) is 0 Å². The molecule has 2 aromatic carbocycles. The minimum Gasteiger partial charge on any atom is -0.426 e. The number of ether oxygens (including phenoxy) is 1. The van der Waals surface area contributed by atoms with E-state index < -0.39 is 5.92 Å². The lowest BCUT2D eigenvalue weighted by Crippen LogP contribution is -2.37. The molecule has 2 aliphatic heterocycles. The highest BCUT2D eigenvalue weighted by atomic mass is 79.9. The molecule has 0 spiro atoms. The number of benzene rings is 2. The molecule has 3 heterocycles. The number of thioether (sulfide) groups is 1. The van der Waals surface area contributed by atoms with Crippen LogP contribution in [0.5, 0.6) is 5.75 Å². The van der Waals surface area contributed by atoms with Crippen LogP contribution in [-0.2, 0) is 4.79 Å². The fraction of sp³-hybridized carbons (Fsp3) is 0.158. The van der Waals surface area contributed by atoms with Crippen LogP contribution in [0.15, 0.2) is 56.8 Å². The lowest BCUT2D eigenvalue weighted by atomic mass is 9.78. The smallest absolute Gasteiger partial charge is 0.316 e.